The zero-order valence-electron chi connectivity index (χ0n) is 19.2. The minimum Gasteiger partial charge on any atom is -0.441 e. The molecular weight excluding hydrogens is 475 g/mol. The number of nitrogens with one attached hydrogen (secondary N) is 1. The molecule has 0 atom stereocenters. The van der Waals surface area contributed by atoms with E-state index in [0.29, 0.717) is 35.2 Å². The van der Waals surface area contributed by atoms with Crippen molar-refractivity contribution >= 4 is 17.7 Å². The van der Waals surface area contributed by atoms with Gasteiger partial charge in [-0.2, -0.15) is 5.10 Å². The van der Waals surface area contributed by atoms with Crippen LogP contribution in [0.25, 0.3) is 11.1 Å². The van der Waals surface area contributed by atoms with E-state index in [1.165, 1.54) is 18.2 Å². The molecule has 1 N–H and O–H groups in total. The molecule has 36 heavy (non-hydrogen) atoms. The predicted octanol–water partition coefficient (Wildman–Crippen LogP) is 5.43. The third-order valence-corrected chi connectivity index (χ3v) is 6.56. The average molecular weight is 499 g/mol. The molecule has 3 aromatic rings. The molecule has 8 nitrogen and oxygen atoms in total. The average Bonchev–Trinajstić information content (AvgIpc) is 3.19. The number of hydrogen-bond acceptors (Lipinski definition) is 7. The summed E-state index contributed by atoms with van der Waals surface area (Å²) in [5.41, 5.74) is 0.772. The second-order valence-electron chi connectivity index (χ2n) is 9.05. The quantitative estimate of drug-likeness (QED) is 0.483. The van der Waals surface area contributed by atoms with Crippen LogP contribution >= 0.6 is 0 Å². The summed E-state index contributed by atoms with van der Waals surface area (Å²) >= 11 is 0. The Kier molecular flexibility index (Phi) is 6.38. The number of aromatic nitrogens is 3. The van der Waals surface area contributed by atoms with Gasteiger partial charge in [0.1, 0.15) is 17.2 Å². The summed E-state index contributed by atoms with van der Waals surface area (Å²) in [6, 6.07) is 12.9. The molecule has 0 unspecified atom stereocenters. The van der Waals surface area contributed by atoms with Gasteiger partial charge in [-0.1, -0.05) is 12.1 Å². The molecule has 1 saturated carbocycles. The van der Waals surface area contributed by atoms with E-state index >= 15 is 0 Å². The monoisotopic (exact) mass is 499 g/mol. The van der Waals surface area contributed by atoms with Crippen LogP contribution < -0.4 is 15.0 Å². The fourth-order valence-electron chi connectivity index (χ4n) is 4.70. The van der Waals surface area contributed by atoms with Crippen LogP contribution in [0.5, 0.6) is 5.75 Å². The molecular formula is C25H24F3N5O3. The number of benzene rings is 1. The van der Waals surface area contributed by atoms with E-state index < -0.39 is 12.0 Å². The van der Waals surface area contributed by atoms with E-state index in [1.807, 2.05) is 0 Å². The minimum absolute atomic E-state index is 0.273. The van der Waals surface area contributed by atoms with Gasteiger partial charge in [0.25, 0.3) is 0 Å². The van der Waals surface area contributed by atoms with Gasteiger partial charge < -0.3 is 14.8 Å². The predicted molar refractivity (Wildman–Crippen MR) is 125 cm³/mol. The van der Waals surface area contributed by atoms with Gasteiger partial charge in [-0.15, -0.1) is 18.3 Å². The molecule has 1 aromatic carbocycles. The van der Waals surface area contributed by atoms with Crippen molar-refractivity contribution < 1.29 is 27.4 Å². The third kappa shape index (κ3) is 5.50. The Morgan fingerprint density at radius 3 is 2.64 bits per heavy atom. The summed E-state index contributed by atoms with van der Waals surface area (Å²) in [7, 11) is 0. The second-order valence-corrected chi connectivity index (χ2v) is 9.05. The molecule has 3 heterocycles. The molecule has 1 amide bonds. The van der Waals surface area contributed by atoms with E-state index in [9.17, 15) is 18.0 Å². The highest BCUT2D eigenvalue weighted by atomic mass is 19.4. The van der Waals surface area contributed by atoms with Crippen LogP contribution in [0.15, 0.2) is 60.9 Å². The van der Waals surface area contributed by atoms with Crippen LogP contribution in [-0.4, -0.2) is 46.3 Å². The molecule has 188 valence electrons. The van der Waals surface area contributed by atoms with Crippen LogP contribution in [0.3, 0.4) is 0 Å². The first-order valence-corrected chi connectivity index (χ1v) is 11.6. The number of halogens is 3. The van der Waals surface area contributed by atoms with Gasteiger partial charge >= 0.3 is 12.5 Å². The first-order chi connectivity index (χ1) is 17.3. The van der Waals surface area contributed by atoms with Gasteiger partial charge in [0.15, 0.2) is 5.82 Å². The first-order valence-electron chi connectivity index (χ1n) is 11.6. The summed E-state index contributed by atoms with van der Waals surface area (Å²) in [6.45, 7) is 1.20. The highest BCUT2D eigenvalue weighted by molar-refractivity contribution is 5.89. The Balaban J connectivity index is 1.13. The molecule has 0 bridgehead atoms. The van der Waals surface area contributed by atoms with Crippen molar-refractivity contribution in [2.24, 2.45) is 5.92 Å². The number of anilines is 2. The fraction of sp³-hybridized carbons (Fsp3) is 0.360. The number of nitrogens with zero attached hydrogens (tertiary/aromatic N) is 4. The molecule has 1 saturated heterocycles. The third-order valence-electron chi connectivity index (χ3n) is 6.56. The van der Waals surface area contributed by atoms with E-state index in [1.54, 1.807) is 47.6 Å². The van der Waals surface area contributed by atoms with Crippen molar-refractivity contribution in [2.75, 3.05) is 23.3 Å². The molecule has 0 radical (unpaired) electrons. The minimum atomic E-state index is -4.74. The van der Waals surface area contributed by atoms with E-state index in [2.05, 4.69) is 25.2 Å². The Morgan fingerprint density at radius 1 is 1.11 bits per heavy atom. The number of alkyl halides is 3. The lowest BCUT2D eigenvalue weighted by atomic mass is 9.78. The molecule has 5 rings (SSSR count). The SMILES string of the molecule is O=C1OC2(CCC(CNc3ccc(-c4cccc(OC(F)(F)F)c4)cn3)CC2)CN1c1cccnn1. The van der Waals surface area contributed by atoms with E-state index in [-0.39, 0.29) is 11.8 Å². The lowest BCUT2D eigenvalue weighted by Crippen LogP contribution is -2.39. The number of amides is 1. The van der Waals surface area contributed by atoms with Gasteiger partial charge in [0.05, 0.1) is 6.54 Å². The number of carbonyl (C=O) groups excluding carboxylic acids is 1. The second kappa shape index (κ2) is 9.63. The molecule has 11 heteroatoms. The van der Waals surface area contributed by atoms with Crippen LogP contribution in [0.2, 0.25) is 0 Å². The van der Waals surface area contributed by atoms with Gasteiger partial charge in [-0.25, -0.2) is 9.78 Å². The number of pyridine rings is 1. The number of ether oxygens (including phenoxy) is 2. The molecule has 2 aliphatic rings. The van der Waals surface area contributed by atoms with Gasteiger partial charge in [-0.3, -0.25) is 4.90 Å². The fourth-order valence-corrected chi connectivity index (χ4v) is 4.70. The molecule has 1 aliphatic carbocycles. The summed E-state index contributed by atoms with van der Waals surface area (Å²) in [4.78, 5) is 18.4. The lowest BCUT2D eigenvalue weighted by Gasteiger charge is -2.35. The number of rotatable bonds is 6. The van der Waals surface area contributed by atoms with E-state index in [0.717, 1.165) is 32.2 Å². The molecule has 1 aliphatic heterocycles. The van der Waals surface area contributed by atoms with Crippen LogP contribution in [0.1, 0.15) is 25.7 Å². The topological polar surface area (TPSA) is 89.5 Å². The van der Waals surface area contributed by atoms with Crippen LogP contribution in [-0.2, 0) is 4.74 Å². The maximum absolute atomic E-state index is 12.5. The zero-order chi connectivity index (χ0) is 25.2. The smallest absolute Gasteiger partial charge is 0.441 e. The number of carbonyl (C=O) groups is 1. The van der Waals surface area contributed by atoms with Crippen molar-refractivity contribution in [3.05, 3.63) is 60.9 Å². The van der Waals surface area contributed by atoms with Crippen molar-refractivity contribution in [1.82, 2.24) is 15.2 Å². The van der Waals surface area contributed by atoms with Crippen LogP contribution in [0.4, 0.5) is 29.6 Å². The van der Waals surface area contributed by atoms with Crippen molar-refractivity contribution in [3.63, 3.8) is 0 Å². The number of hydrogen-bond donors (Lipinski definition) is 1. The largest absolute Gasteiger partial charge is 0.573 e. The summed E-state index contributed by atoms with van der Waals surface area (Å²) in [5, 5.41) is 11.2. The normalized spacial score (nSPS) is 21.9. The van der Waals surface area contributed by atoms with Gasteiger partial charge in [0.2, 0.25) is 0 Å². The highest BCUT2D eigenvalue weighted by Gasteiger charge is 2.48. The standard InChI is InChI=1S/C25H24F3N5O3/c26-25(27,28)35-20-4-1-3-18(13-20)19-6-7-21(30-15-19)29-14-17-8-10-24(11-9-17)16-33(23(34)36-24)22-5-2-12-31-32-22/h1-7,12-13,15,17H,8-11,14,16H2,(H,29,30). The Bertz CT molecular complexity index is 1200. The molecule has 1 spiro atoms. The summed E-state index contributed by atoms with van der Waals surface area (Å²) < 4.78 is 47.2. The maximum Gasteiger partial charge on any atom is 0.573 e. The molecule has 2 aromatic heterocycles. The van der Waals surface area contributed by atoms with Crippen molar-refractivity contribution in [2.45, 2.75) is 37.6 Å². The highest BCUT2D eigenvalue weighted by Crippen LogP contribution is 2.40. The summed E-state index contributed by atoms with van der Waals surface area (Å²) in [6.07, 6.45) is 1.40. The Morgan fingerprint density at radius 2 is 1.94 bits per heavy atom. The van der Waals surface area contributed by atoms with Gasteiger partial charge in [0, 0.05) is 24.5 Å². The molecule has 2 fully saturated rings. The Hall–Kier alpha value is -3.89. The Labute approximate surface area is 205 Å². The van der Waals surface area contributed by atoms with Crippen molar-refractivity contribution in [3.8, 4) is 16.9 Å². The first kappa shape index (κ1) is 23.8. The van der Waals surface area contributed by atoms with Crippen LogP contribution in [0, 0.1) is 5.92 Å². The lowest BCUT2D eigenvalue weighted by molar-refractivity contribution is -0.274. The van der Waals surface area contributed by atoms with Gasteiger partial charge in [-0.05, 0) is 73.6 Å². The maximum atomic E-state index is 12.5. The van der Waals surface area contributed by atoms with E-state index in [4.69, 9.17) is 4.74 Å². The summed E-state index contributed by atoms with van der Waals surface area (Å²) in [5.74, 6) is 1.31. The van der Waals surface area contributed by atoms with Crippen molar-refractivity contribution in [1.29, 1.82) is 0 Å². The zero-order valence-corrected chi connectivity index (χ0v) is 19.2.